The summed E-state index contributed by atoms with van der Waals surface area (Å²) in [5, 5.41) is 9.94. The van der Waals surface area contributed by atoms with E-state index in [1.165, 1.54) is 6.08 Å². The molecule has 1 heterocycles. The quantitative estimate of drug-likeness (QED) is 0.581. The normalized spacial score (nSPS) is 10.6. The molecule has 0 aromatic carbocycles. The molecule has 1 aromatic heterocycles. The van der Waals surface area contributed by atoms with E-state index in [-0.39, 0.29) is 0 Å². The highest BCUT2D eigenvalue weighted by atomic mass is 127. The third kappa shape index (κ3) is 2.75. The van der Waals surface area contributed by atoms with Gasteiger partial charge in [0.05, 0.1) is 5.97 Å². The van der Waals surface area contributed by atoms with Gasteiger partial charge in [-0.25, -0.2) is 0 Å². The molecule has 0 aliphatic heterocycles. The Balaban J connectivity index is 2.71. The minimum absolute atomic E-state index is 0.513. The van der Waals surface area contributed by atoms with Crippen LogP contribution >= 0.6 is 22.6 Å². The Morgan fingerprint density at radius 1 is 1.64 bits per heavy atom. The minimum atomic E-state index is -1.23. The van der Waals surface area contributed by atoms with Gasteiger partial charge in [0.2, 0.25) is 0 Å². The van der Waals surface area contributed by atoms with Gasteiger partial charge in [0.25, 0.3) is 0 Å². The van der Waals surface area contributed by atoms with Gasteiger partial charge in [-0.15, -0.1) is 0 Å². The zero-order valence-corrected chi connectivity index (χ0v) is 7.57. The summed E-state index contributed by atoms with van der Waals surface area (Å²) in [6, 6.07) is 3.43. The van der Waals surface area contributed by atoms with Crippen molar-refractivity contribution < 1.29 is 14.3 Å². The van der Waals surface area contributed by atoms with Gasteiger partial charge >= 0.3 is 0 Å². The molecule has 3 nitrogen and oxygen atoms in total. The van der Waals surface area contributed by atoms with Crippen molar-refractivity contribution in [2.45, 2.75) is 0 Å². The van der Waals surface area contributed by atoms with Crippen LogP contribution in [0.5, 0.6) is 0 Å². The second-order valence-corrected chi connectivity index (χ2v) is 2.86. The summed E-state index contributed by atoms with van der Waals surface area (Å²) >= 11 is 1.99. The number of hydrogen-bond donors (Lipinski definition) is 0. The smallest absolute Gasteiger partial charge is 0.164 e. The maximum Gasteiger partial charge on any atom is 0.164 e. The largest absolute Gasteiger partial charge is 0.545 e. The molecule has 4 heteroatoms. The average molecular weight is 263 g/mol. The predicted octanol–water partition coefficient (Wildman–Crippen LogP) is 0.647. The third-order valence-corrected chi connectivity index (χ3v) is 1.56. The van der Waals surface area contributed by atoms with Crippen LogP contribution in [0.4, 0.5) is 0 Å². The molecule has 0 saturated carbocycles. The molecule has 0 amide bonds. The van der Waals surface area contributed by atoms with Gasteiger partial charge in [-0.2, -0.15) is 0 Å². The van der Waals surface area contributed by atoms with Gasteiger partial charge in [0.1, 0.15) is 5.76 Å². The number of carbonyl (C=O) groups excluding carboxylic acids is 1. The van der Waals surface area contributed by atoms with Gasteiger partial charge in [-0.05, 0) is 46.9 Å². The number of carbonyl (C=O) groups is 1. The number of furan rings is 1. The van der Waals surface area contributed by atoms with E-state index in [1.807, 2.05) is 22.6 Å². The average Bonchev–Trinajstić information content (AvgIpc) is 2.31. The SMILES string of the molecule is O=C([O-])C=Cc1ccc(I)o1. The number of carboxylic acids is 1. The predicted molar refractivity (Wildman–Crippen MR) is 45.5 cm³/mol. The van der Waals surface area contributed by atoms with Crippen LogP contribution in [-0.2, 0) is 4.79 Å². The number of aliphatic carboxylic acids is 1. The van der Waals surface area contributed by atoms with E-state index in [2.05, 4.69) is 0 Å². The zero-order valence-electron chi connectivity index (χ0n) is 5.41. The van der Waals surface area contributed by atoms with Crippen LogP contribution in [0.1, 0.15) is 5.76 Å². The van der Waals surface area contributed by atoms with Crippen molar-refractivity contribution in [3.8, 4) is 0 Å². The summed E-state index contributed by atoms with van der Waals surface area (Å²) < 4.78 is 5.77. The molecule has 0 radical (unpaired) electrons. The molecular weight excluding hydrogens is 259 g/mol. The molecule has 0 aliphatic rings. The lowest BCUT2D eigenvalue weighted by atomic mass is 10.4. The van der Waals surface area contributed by atoms with Crippen molar-refractivity contribution in [2.24, 2.45) is 0 Å². The summed E-state index contributed by atoms with van der Waals surface area (Å²) in [7, 11) is 0. The second kappa shape index (κ2) is 3.56. The number of rotatable bonds is 2. The van der Waals surface area contributed by atoms with Gasteiger partial charge in [0, 0.05) is 0 Å². The molecule has 58 valence electrons. The first-order valence-corrected chi connectivity index (χ1v) is 3.91. The van der Waals surface area contributed by atoms with E-state index in [9.17, 15) is 9.90 Å². The molecule has 0 saturated heterocycles. The lowest BCUT2D eigenvalue weighted by molar-refractivity contribution is -0.297. The van der Waals surface area contributed by atoms with Crippen molar-refractivity contribution in [3.63, 3.8) is 0 Å². The summed E-state index contributed by atoms with van der Waals surface area (Å²) in [4.78, 5) is 9.94. The maximum atomic E-state index is 9.94. The fourth-order valence-corrected chi connectivity index (χ4v) is 1.00. The third-order valence-electron chi connectivity index (χ3n) is 0.978. The molecule has 0 spiro atoms. The van der Waals surface area contributed by atoms with Crippen molar-refractivity contribution in [2.75, 3.05) is 0 Å². The Morgan fingerprint density at radius 3 is 2.82 bits per heavy atom. The molecule has 11 heavy (non-hydrogen) atoms. The Hall–Kier alpha value is -0.780. The van der Waals surface area contributed by atoms with Gasteiger partial charge < -0.3 is 14.3 Å². The van der Waals surface area contributed by atoms with Crippen LogP contribution in [0.3, 0.4) is 0 Å². The standard InChI is InChI=1S/C7H5IO3/c8-6-3-1-5(11-6)2-4-7(9)10/h1-4H,(H,9,10)/p-1. The van der Waals surface area contributed by atoms with Crippen LogP contribution in [0.15, 0.2) is 22.6 Å². The molecule has 0 bridgehead atoms. The Kier molecular flexibility index (Phi) is 2.70. The Bertz CT molecular complexity index is 288. The van der Waals surface area contributed by atoms with Crippen molar-refractivity contribution in [1.82, 2.24) is 0 Å². The van der Waals surface area contributed by atoms with Crippen LogP contribution in [0.2, 0.25) is 0 Å². The molecule has 1 aromatic rings. The first-order chi connectivity index (χ1) is 5.18. The van der Waals surface area contributed by atoms with E-state index >= 15 is 0 Å². The highest BCUT2D eigenvalue weighted by molar-refractivity contribution is 14.1. The first-order valence-electron chi connectivity index (χ1n) is 2.83. The first kappa shape index (κ1) is 8.32. The van der Waals surface area contributed by atoms with E-state index in [4.69, 9.17) is 4.42 Å². The van der Waals surface area contributed by atoms with Gasteiger partial charge in [-0.1, -0.05) is 0 Å². The highest BCUT2D eigenvalue weighted by Crippen LogP contribution is 2.10. The highest BCUT2D eigenvalue weighted by Gasteiger charge is 1.92. The molecular formula is C7H4IO3-. The van der Waals surface area contributed by atoms with E-state index in [0.29, 0.717) is 5.76 Å². The summed E-state index contributed by atoms with van der Waals surface area (Å²) in [6.45, 7) is 0. The van der Waals surface area contributed by atoms with Gasteiger partial charge in [-0.3, -0.25) is 0 Å². The van der Waals surface area contributed by atoms with Crippen LogP contribution < -0.4 is 5.11 Å². The number of halogens is 1. The molecule has 0 unspecified atom stereocenters. The summed E-state index contributed by atoms with van der Waals surface area (Å²) in [6.07, 6.45) is 2.27. The minimum Gasteiger partial charge on any atom is -0.545 e. The van der Waals surface area contributed by atoms with Crippen molar-refractivity contribution in [1.29, 1.82) is 0 Å². The Morgan fingerprint density at radius 2 is 2.36 bits per heavy atom. The molecule has 0 aliphatic carbocycles. The van der Waals surface area contributed by atoms with Crippen molar-refractivity contribution in [3.05, 3.63) is 27.7 Å². The molecule has 0 fully saturated rings. The van der Waals surface area contributed by atoms with Crippen LogP contribution in [0.25, 0.3) is 6.08 Å². The molecule has 1 rings (SSSR count). The van der Waals surface area contributed by atoms with E-state index < -0.39 is 5.97 Å². The van der Waals surface area contributed by atoms with Crippen LogP contribution in [0, 0.1) is 3.77 Å². The summed E-state index contributed by atoms with van der Waals surface area (Å²) in [5.41, 5.74) is 0. The number of carboxylic acid groups (broad SMARTS) is 1. The molecule has 0 atom stereocenters. The maximum absolute atomic E-state index is 9.94. The molecule has 0 N–H and O–H groups in total. The zero-order chi connectivity index (χ0) is 8.27. The Labute approximate surface area is 76.8 Å². The fraction of sp³-hybridized carbons (Fsp3) is 0. The lowest BCUT2D eigenvalue weighted by Gasteiger charge is -1.87. The van der Waals surface area contributed by atoms with Gasteiger partial charge in [0.15, 0.2) is 3.77 Å². The monoisotopic (exact) mass is 263 g/mol. The topological polar surface area (TPSA) is 53.3 Å². The van der Waals surface area contributed by atoms with E-state index in [1.54, 1.807) is 12.1 Å². The van der Waals surface area contributed by atoms with Crippen molar-refractivity contribution >= 4 is 34.6 Å². The van der Waals surface area contributed by atoms with Crippen LogP contribution in [-0.4, -0.2) is 5.97 Å². The summed E-state index contributed by atoms with van der Waals surface area (Å²) in [5.74, 6) is -0.713. The fourth-order valence-electron chi connectivity index (χ4n) is 0.568. The number of hydrogen-bond acceptors (Lipinski definition) is 3. The lowest BCUT2D eigenvalue weighted by Crippen LogP contribution is -2.18. The second-order valence-electron chi connectivity index (χ2n) is 1.79. The van der Waals surface area contributed by atoms with E-state index in [0.717, 1.165) is 9.84 Å².